The highest BCUT2D eigenvalue weighted by Gasteiger charge is 2.71. The minimum Gasteiger partial charge on any atom is -0.455 e. The normalized spacial score (nSPS) is 30.8. The van der Waals surface area contributed by atoms with Crippen LogP contribution in [0.25, 0.3) is 10.8 Å². The third-order valence-corrected chi connectivity index (χ3v) is 9.94. The number of likely N-dealkylation sites (tertiary alicyclic amines) is 1. The predicted molar refractivity (Wildman–Crippen MR) is 180 cm³/mol. The van der Waals surface area contributed by atoms with Crippen LogP contribution in [0.3, 0.4) is 0 Å². The van der Waals surface area contributed by atoms with Crippen LogP contribution < -0.4 is 10.2 Å². The molecule has 3 aromatic carbocycles. The fourth-order valence-electron chi connectivity index (χ4n) is 7.81. The van der Waals surface area contributed by atoms with E-state index in [0.717, 1.165) is 10.8 Å². The molecule has 2 saturated heterocycles. The first-order valence-electron chi connectivity index (χ1n) is 16.6. The summed E-state index contributed by atoms with van der Waals surface area (Å²) in [7, 11) is 1.50. The number of anilines is 1. The lowest BCUT2D eigenvalue weighted by atomic mass is 9.77. The third kappa shape index (κ3) is 5.81. The molecule has 0 bridgehead atoms. The fourth-order valence-corrected chi connectivity index (χ4v) is 7.81. The van der Waals surface area contributed by atoms with Crippen LogP contribution in [0.4, 0.5) is 5.69 Å². The zero-order valence-electron chi connectivity index (χ0n) is 27.1. The number of carbonyl (C=O) groups excluding carboxylic acids is 4. The highest BCUT2D eigenvalue weighted by Crippen LogP contribution is 2.53. The quantitative estimate of drug-likeness (QED) is 0.303. The molecule has 0 unspecified atom stereocenters. The summed E-state index contributed by atoms with van der Waals surface area (Å²) in [6.45, 7) is -0.220. The molecular formula is C38H39N3O8. The molecule has 3 amide bonds. The zero-order valence-corrected chi connectivity index (χ0v) is 27.1. The van der Waals surface area contributed by atoms with Crippen molar-refractivity contribution in [3.63, 3.8) is 0 Å². The van der Waals surface area contributed by atoms with Crippen molar-refractivity contribution in [3.05, 3.63) is 103 Å². The van der Waals surface area contributed by atoms with Crippen LogP contribution in [0.2, 0.25) is 0 Å². The Morgan fingerprint density at radius 1 is 0.959 bits per heavy atom. The van der Waals surface area contributed by atoms with Crippen molar-refractivity contribution in [2.24, 2.45) is 11.8 Å². The number of methoxy groups -OCH3 is 1. The number of carbonyl (C=O) groups is 4. The number of hydrogen-bond donors (Lipinski definition) is 2. The van der Waals surface area contributed by atoms with Gasteiger partial charge in [-0.2, -0.15) is 0 Å². The number of benzene rings is 3. The lowest BCUT2D eigenvalue weighted by molar-refractivity contribution is -0.162. The molecule has 0 saturated carbocycles. The Hall–Kier alpha value is -4.84. The van der Waals surface area contributed by atoms with Gasteiger partial charge >= 0.3 is 5.97 Å². The topological polar surface area (TPSA) is 135 Å². The lowest BCUT2D eigenvalue weighted by Gasteiger charge is -2.35. The Labute approximate surface area is 284 Å². The first-order valence-corrected chi connectivity index (χ1v) is 16.6. The van der Waals surface area contributed by atoms with Gasteiger partial charge in [0, 0.05) is 32.3 Å². The van der Waals surface area contributed by atoms with Crippen LogP contribution in [-0.2, 0) is 33.4 Å². The molecule has 4 heterocycles. The van der Waals surface area contributed by atoms with Crippen LogP contribution in [-0.4, -0.2) is 90.9 Å². The average molecular weight is 666 g/mol. The fraction of sp³-hybridized carbons (Fsp3) is 0.368. The van der Waals surface area contributed by atoms with Crippen molar-refractivity contribution < 1.29 is 38.5 Å². The second kappa shape index (κ2) is 13.6. The SMILES string of the molecule is COC[C@H]1NC(=O)CC/C=C\[C@H]2O[C@]34C=CCN(c5ccc6ccccc6c5)C(=O)[C@H]3N(CCO)C(=O)[C@@H]4[C@H]2C(=O)O[C@@H]1c1ccccc1. The summed E-state index contributed by atoms with van der Waals surface area (Å²) >= 11 is 0. The molecule has 7 rings (SSSR count). The number of amides is 3. The highest BCUT2D eigenvalue weighted by atomic mass is 16.6. The number of nitrogens with one attached hydrogen (secondary N) is 1. The minimum atomic E-state index is -1.52. The molecule has 11 nitrogen and oxygen atoms in total. The van der Waals surface area contributed by atoms with E-state index in [2.05, 4.69) is 5.32 Å². The number of β-amino-alcohol motifs (C(OH)–C–C–N with tert-alkyl or cyclic N) is 1. The van der Waals surface area contributed by atoms with Gasteiger partial charge in [0.05, 0.1) is 31.3 Å². The molecule has 0 aromatic heterocycles. The number of esters is 1. The van der Waals surface area contributed by atoms with Gasteiger partial charge in [0.2, 0.25) is 11.8 Å². The Morgan fingerprint density at radius 3 is 2.51 bits per heavy atom. The molecule has 0 radical (unpaired) electrons. The standard InChI is InChI=1S/C38H39N3O8/c1-47-23-28-33(25-11-3-2-4-12-25)48-37(46)31-29(14-7-8-15-30(43)39-28)49-38-18-9-19-40(27-17-16-24-10-5-6-13-26(24)22-27)36(45)34(38)41(20-21-42)35(44)32(31)38/h2-7,9-14,16-18,22,28-29,31-34,42H,8,15,19-21,23H2,1H3,(H,39,43)/b14-7-/t28-,29-,31+,32+,33-,34-,38+/m1/s1. The molecule has 2 fully saturated rings. The maximum atomic E-state index is 14.7. The molecule has 254 valence electrons. The summed E-state index contributed by atoms with van der Waals surface area (Å²) in [6, 6.07) is 20.8. The van der Waals surface area contributed by atoms with Crippen molar-refractivity contribution in [3.8, 4) is 0 Å². The molecule has 7 atom stereocenters. The van der Waals surface area contributed by atoms with Crippen LogP contribution in [0.5, 0.6) is 0 Å². The van der Waals surface area contributed by atoms with Gasteiger partial charge in [-0.3, -0.25) is 19.2 Å². The molecule has 2 N–H and O–H groups in total. The van der Waals surface area contributed by atoms with E-state index < -0.39 is 53.6 Å². The van der Waals surface area contributed by atoms with Crippen LogP contribution >= 0.6 is 0 Å². The van der Waals surface area contributed by atoms with Crippen LogP contribution in [0.1, 0.15) is 24.5 Å². The molecule has 4 aliphatic rings. The third-order valence-electron chi connectivity index (χ3n) is 9.94. The van der Waals surface area contributed by atoms with E-state index >= 15 is 0 Å². The van der Waals surface area contributed by atoms with Crippen LogP contribution in [0.15, 0.2) is 97.1 Å². The first kappa shape index (κ1) is 32.7. The number of allylic oxidation sites excluding steroid dienone is 1. The minimum absolute atomic E-state index is 0.0690. The van der Waals surface area contributed by atoms with Gasteiger partial charge in [-0.05, 0) is 34.9 Å². The van der Waals surface area contributed by atoms with E-state index in [1.807, 2.05) is 66.7 Å². The number of ether oxygens (including phenoxy) is 3. The van der Waals surface area contributed by atoms with E-state index in [0.29, 0.717) is 17.7 Å². The van der Waals surface area contributed by atoms with Gasteiger partial charge in [0.1, 0.15) is 23.7 Å². The van der Waals surface area contributed by atoms with Crippen molar-refractivity contribution in [2.75, 3.05) is 38.3 Å². The summed E-state index contributed by atoms with van der Waals surface area (Å²) in [4.78, 5) is 59.6. The summed E-state index contributed by atoms with van der Waals surface area (Å²) in [5.74, 6) is -4.01. The summed E-state index contributed by atoms with van der Waals surface area (Å²) in [5, 5.41) is 15.0. The molecule has 49 heavy (non-hydrogen) atoms. The van der Waals surface area contributed by atoms with E-state index in [1.54, 1.807) is 35.3 Å². The number of rotatable bonds is 6. The second-order valence-corrected chi connectivity index (χ2v) is 12.8. The van der Waals surface area contributed by atoms with Gasteiger partial charge < -0.3 is 34.4 Å². The monoisotopic (exact) mass is 665 g/mol. The summed E-state index contributed by atoms with van der Waals surface area (Å²) < 4.78 is 18.5. The molecule has 1 spiro atoms. The van der Waals surface area contributed by atoms with Gasteiger partial charge in [-0.15, -0.1) is 0 Å². The van der Waals surface area contributed by atoms with Crippen molar-refractivity contribution in [1.29, 1.82) is 0 Å². The van der Waals surface area contributed by atoms with Crippen molar-refractivity contribution in [2.45, 2.75) is 42.7 Å². The van der Waals surface area contributed by atoms with Gasteiger partial charge in [0.15, 0.2) is 0 Å². The summed E-state index contributed by atoms with van der Waals surface area (Å²) in [5.41, 5.74) is -0.221. The predicted octanol–water partition coefficient (Wildman–Crippen LogP) is 3.08. The number of hydrogen-bond acceptors (Lipinski definition) is 8. The molecule has 4 aliphatic heterocycles. The number of aliphatic hydroxyl groups excluding tert-OH is 1. The molecule has 3 aromatic rings. The van der Waals surface area contributed by atoms with E-state index in [9.17, 15) is 24.3 Å². The molecular weight excluding hydrogens is 626 g/mol. The largest absolute Gasteiger partial charge is 0.455 e. The van der Waals surface area contributed by atoms with Gasteiger partial charge in [-0.1, -0.05) is 85.0 Å². The van der Waals surface area contributed by atoms with Crippen molar-refractivity contribution >= 4 is 40.2 Å². The Morgan fingerprint density at radius 2 is 1.73 bits per heavy atom. The Bertz CT molecular complexity index is 1810. The number of aliphatic hydroxyl groups is 1. The zero-order chi connectivity index (χ0) is 34.1. The number of fused-ring (bicyclic) bond motifs is 3. The number of cyclic esters (lactones) is 1. The van der Waals surface area contributed by atoms with Gasteiger partial charge in [0.25, 0.3) is 5.91 Å². The van der Waals surface area contributed by atoms with E-state index in [4.69, 9.17) is 14.2 Å². The van der Waals surface area contributed by atoms with Crippen LogP contribution in [0, 0.1) is 11.8 Å². The average Bonchev–Trinajstić information content (AvgIpc) is 3.49. The maximum Gasteiger partial charge on any atom is 0.313 e. The Balaban J connectivity index is 1.30. The number of nitrogens with zero attached hydrogens (tertiary/aromatic N) is 2. The first-order chi connectivity index (χ1) is 23.9. The highest BCUT2D eigenvalue weighted by molar-refractivity contribution is 6.06. The van der Waals surface area contributed by atoms with E-state index in [-0.39, 0.29) is 44.5 Å². The smallest absolute Gasteiger partial charge is 0.313 e. The summed E-state index contributed by atoms with van der Waals surface area (Å²) in [6.07, 6.45) is 5.68. The van der Waals surface area contributed by atoms with Crippen molar-refractivity contribution in [1.82, 2.24) is 10.2 Å². The lowest BCUT2D eigenvalue weighted by Crippen LogP contribution is -2.55. The van der Waals surface area contributed by atoms with E-state index in [1.165, 1.54) is 12.0 Å². The Kier molecular flexibility index (Phi) is 9.06. The maximum absolute atomic E-state index is 14.7. The molecule has 11 heteroatoms. The second-order valence-electron chi connectivity index (χ2n) is 12.8. The molecule has 0 aliphatic carbocycles. The van der Waals surface area contributed by atoms with Gasteiger partial charge in [-0.25, -0.2) is 0 Å².